The van der Waals surface area contributed by atoms with Crippen LogP contribution in [0.15, 0.2) is 54.9 Å². The molecular formula is C20H14ClFN4O3. The smallest absolute Gasteiger partial charge is 0.357 e. The molecule has 0 radical (unpaired) electrons. The first-order chi connectivity index (χ1) is 14.0. The van der Waals surface area contributed by atoms with Crippen molar-refractivity contribution in [1.29, 1.82) is 0 Å². The minimum Gasteiger partial charge on any atom is -0.476 e. The first-order valence-corrected chi connectivity index (χ1v) is 8.89. The Morgan fingerprint density at radius 3 is 2.86 bits per heavy atom. The van der Waals surface area contributed by atoms with Crippen LogP contribution in [0.3, 0.4) is 0 Å². The molecule has 0 aliphatic heterocycles. The lowest BCUT2D eigenvalue weighted by molar-refractivity contribution is 0.0692. The topological polar surface area (TPSA) is 100 Å². The second kappa shape index (κ2) is 7.76. The van der Waals surface area contributed by atoms with Gasteiger partial charge in [0, 0.05) is 35.4 Å². The molecule has 0 bridgehead atoms. The third-order valence-corrected chi connectivity index (χ3v) is 4.39. The summed E-state index contributed by atoms with van der Waals surface area (Å²) in [6, 6.07) is 10.9. The number of carbonyl (C=O) groups is 1. The fourth-order valence-electron chi connectivity index (χ4n) is 2.85. The summed E-state index contributed by atoms with van der Waals surface area (Å²) in [7, 11) is 0. The third kappa shape index (κ3) is 4.12. The van der Waals surface area contributed by atoms with Crippen molar-refractivity contribution in [3.63, 3.8) is 0 Å². The van der Waals surface area contributed by atoms with Gasteiger partial charge in [0.25, 0.3) is 0 Å². The molecule has 0 unspecified atom stereocenters. The Labute approximate surface area is 169 Å². The van der Waals surface area contributed by atoms with E-state index in [4.69, 9.17) is 16.3 Å². The first-order valence-electron chi connectivity index (χ1n) is 8.52. The zero-order valence-corrected chi connectivity index (χ0v) is 15.6. The number of ether oxygens (including phenoxy) is 1. The highest BCUT2D eigenvalue weighted by Gasteiger charge is 2.13. The van der Waals surface area contributed by atoms with E-state index in [0.717, 1.165) is 0 Å². The SMILES string of the molecule is O=C(O)c1n[nH]c2ccc(NCc3cc(F)ccc3Oc3cncc(Cl)c3)cc12. The number of aromatic carboxylic acids is 1. The summed E-state index contributed by atoms with van der Waals surface area (Å²) in [5, 5.41) is 19.7. The second-order valence-electron chi connectivity index (χ2n) is 6.18. The zero-order chi connectivity index (χ0) is 20.4. The Morgan fingerprint density at radius 2 is 2.07 bits per heavy atom. The number of nitrogens with zero attached hydrogens (tertiary/aromatic N) is 2. The van der Waals surface area contributed by atoms with Crippen molar-refractivity contribution in [2.45, 2.75) is 6.54 Å². The highest BCUT2D eigenvalue weighted by Crippen LogP contribution is 2.28. The summed E-state index contributed by atoms with van der Waals surface area (Å²) in [5.74, 6) is -0.656. The fraction of sp³-hybridized carbons (Fsp3) is 0.0500. The van der Waals surface area contributed by atoms with Gasteiger partial charge in [-0.2, -0.15) is 5.10 Å². The molecule has 146 valence electrons. The van der Waals surface area contributed by atoms with Crippen molar-refractivity contribution in [2.75, 3.05) is 5.32 Å². The predicted octanol–water partition coefficient (Wildman–Crippen LogP) is 4.85. The standard InChI is InChI=1S/C20H14ClFN4O3/c21-12-6-15(10-23-9-12)29-18-4-1-13(22)5-11(18)8-24-14-2-3-17-16(7-14)19(20(27)28)26-25-17/h1-7,9-10,24H,8H2,(H,25,26)(H,27,28). The van der Waals surface area contributed by atoms with Crippen LogP contribution in [0.25, 0.3) is 10.9 Å². The van der Waals surface area contributed by atoms with Crippen LogP contribution in [-0.2, 0) is 6.54 Å². The van der Waals surface area contributed by atoms with Crippen LogP contribution in [-0.4, -0.2) is 26.3 Å². The van der Waals surface area contributed by atoms with Gasteiger partial charge in [-0.05, 0) is 36.4 Å². The molecule has 0 spiro atoms. The monoisotopic (exact) mass is 412 g/mol. The molecule has 4 rings (SSSR count). The maximum absolute atomic E-state index is 13.8. The first kappa shape index (κ1) is 18.7. The second-order valence-corrected chi connectivity index (χ2v) is 6.62. The van der Waals surface area contributed by atoms with Gasteiger partial charge in [0.05, 0.1) is 16.7 Å². The Balaban J connectivity index is 1.58. The zero-order valence-electron chi connectivity index (χ0n) is 14.8. The van der Waals surface area contributed by atoms with Gasteiger partial charge in [0.15, 0.2) is 5.69 Å². The van der Waals surface area contributed by atoms with Gasteiger partial charge in [-0.25, -0.2) is 9.18 Å². The molecule has 0 aliphatic rings. The van der Waals surface area contributed by atoms with Gasteiger partial charge >= 0.3 is 5.97 Å². The van der Waals surface area contributed by atoms with E-state index in [1.165, 1.54) is 30.6 Å². The van der Waals surface area contributed by atoms with Crippen molar-refractivity contribution in [1.82, 2.24) is 15.2 Å². The predicted molar refractivity (Wildman–Crippen MR) is 106 cm³/mol. The lowest BCUT2D eigenvalue weighted by Crippen LogP contribution is -2.03. The average Bonchev–Trinajstić information content (AvgIpc) is 3.12. The number of pyridine rings is 1. The minimum absolute atomic E-state index is 0.0631. The molecule has 3 N–H and O–H groups in total. The Kier molecular flexibility index (Phi) is 5.01. The number of carboxylic acids is 1. The molecule has 0 atom stereocenters. The van der Waals surface area contributed by atoms with E-state index >= 15 is 0 Å². The number of fused-ring (bicyclic) bond motifs is 1. The summed E-state index contributed by atoms with van der Waals surface area (Å²) in [5.41, 5.74) is 1.76. The molecule has 9 heteroatoms. The Morgan fingerprint density at radius 1 is 1.21 bits per heavy atom. The van der Waals surface area contributed by atoms with Gasteiger partial charge in [-0.1, -0.05) is 11.6 Å². The van der Waals surface area contributed by atoms with Gasteiger partial charge in [-0.15, -0.1) is 0 Å². The van der Waals surface area contributed by atoms with Crippen molar-refractivity contribution >= 4 is 34.2 Å². The largest absolute Gasteiger partial charge is 0.476 e. The minimum atomic E-state index is -1.12. The molecule has 2 aromatic carbocycles. The highest BCUT2D eigenvalue weighted by atomic mass is 35.5. The van der Waals surface area contributed by atoms with E-state index < -0.39 is 11.8 Å². The van der Waals surface area contributed by atoms with Crippen LogP contribution in [0.2, 0.25) is 5.02 Å². The van der Waals surface area contributed by atoms with E-state index in [2.05, 4.69) is 20.5 Å². The number of hydrogen-bond donors (Lipinski definition) is 3. The van der Waals surface area contributed by atoms with Crippen molar-refractivity contribution in [2.24, 2.45) is 0 Å². The summed E-state index contributed by atoms with van der Waals surface area (Å²) < 4.78 is 19.6. The number of carboxylic acid groups (broad SMARTS) is 1. The number of aromatic nitrogens is 3. The third-order valence-electron chi connectivity index (χ3n) is 4.18. The van der Waals surface area contributed by atoms with Crippen LogP contribution < -0.4 is 10.1 Å². The van der Waals surface area contributed by atoms with Crippen LogP contribution in [0.5, 0.6) is 11.5 Å². The van der Waals surface area contributed by atoms with Crippen LogP contribution in [0.1, 0.15) is 16.1 Å². The number of hydrogen-bond acceptors (Lipinski definition) is 5. The highest BCUT2D eigenvalue weighted by molar-refractivity contribution is 6.30. The number of nitrogens with one attached hydrogen (secondary N) is 2. The molecule has 0 amide bonds. The van der Waals surface area contributed by atoms with Gasteiger partial charge in [-0.3, -0.25) is 10.1 Å². The summed E-state index contributed by atoms with van der Waals surface area (Å²) in [6.07, 6.45) is 2.99. The lowest BCUT2D eigenvalue weighted by atomic mass is 10.1. The Bertz CT molecular complexity index is 1210. The van der Waals surface area contributed by atoms with E-state index in [9.17, 15) is 14.3 Å². The maximum Gasteiger partial charge on any atom is 0.357 e. The summed E-state index contributed by atoms with van der Waals surface area (Å²) in [6.45, 7) is 0.243. The van der Waals surface area contributed by atoms with Crippen LogP contribution >= 0.6 is 11.6 Å². The molecule has 2 aromatic heterocycles. The van der Waals surface area contributed by atoms with Gasteiger partial charge in [0.2, 0.25) is 0 Å². The van der Waals surface area contributed by atoms with E-state index in [1.54, 1.807) is 24.3 Å². The quantitative estimate of drug-likeness (QED) is 0.418. The van der Waals surface area contributed by atoms with E-state index in [0.29, 0.717) is 38.7 Å². The number of rotatable bonds is 6. The van der Waals surface area contributed by atoms with Crippen LogP contribution in [0, 0.1) is 5.82 Å². The molecule has 29 heavy (non-hydrogen) atoms. The molecular weight excluding hydrogens is 399 g/mol. The van der Waals surface area contributed by atoms with E-state index in [1.807, 2.05) is 0 Å². The Hall–Kier alpha value is -3.65. The van der Waals surface area contributed by atoms with Crippen molar-refractivity contribution in [3.8, 4) is 11.5 Å². The van der Waals surface area contributed by atoms with Crippen molar-refractivity contribution < 1.29 is 19.0 Å². The number of benzene rings is 2. The molecule has 7 nitrogen and oxygen atoms in total. The molecule has 0 fully saturated rings. The molecule has 0 saturated carbocycles. The number of H-pyrrole nitrogens is 1. The average molecular weight is 413 g/mol. The number of aromatic amines is 1. The van der Waals surface area contributed by atoms with Gasteiger partial charge < -0.3 is 15.2 Å². The van der Waals surface area contributed by atoms with E-state index in [-0.39, 0.29) is 12.2 Å². The summed E-state index contributed by atoms with van der Waals surface area (Å²) >= 11 is 5.93. The molecule has 2 heterocycles. The molecule has 4 aromatic rings. The molecule has 0 aliphatic carbocycles. The lowest BCUT2D eigenvalue weighted by Gasteiger charge is -2.13. The van der Waals surface area contributed by atoms with Crippen molar-refractivity contribution in [3.05, 3.63) is 77.0 Å². The summed E-state index contributed by atoms with van der Waals surface area (Å²) in [4.78, 5) is 15.2. The fourth-order valence-corrected chi connectivity index (χ4v) is 3.01. The van der Waals surface area contributed by atoms with Crippen LogP contribution in [0.4, 0.5) is 10.1 Å². The number of halogens is 2. The molecule has 0 saturated heterocycles. The maximum atomic E-state index is 13.8. The van der Waals surface area contributed by atoms with Gasteiger partial charge in [0.1, 0.15) is 17.3 Å². The number of anilines is 1. The normalized spacial score (nSPS) is 10.8.